The molecule has 0 unspecified atom stereocenters. The molecule has 0 saturated carbocycles. The zero-order valence-electron chi connectivity index (χ0n) is 6.11. The number of nitrogens with one attached hydrogen (secondary N) is 1. The van der Waals surface area contributed by atoms with E-state index in [9.17, 15) is 16.8 Å². The molecule has 0 aliphatic carbocycles. The first kappa shape index (κ1) is 11.0. The summed E-state index contributed by atoms with van der Waals surface area (Å²) in [6.45, 7) is 0. The van der Waals surface area contributed by atoms with Crippen molar-refractivity contribution in [2.45, 2.75) is 9.79 Å². The fourth-order valence-electron chi connectivity index (χ4n) is 1.03. The Hall–Kier alpha value is 0.520. The average Bonchev–Trinajstić information content (AvgIpc) is 2.32. The number of hydrogen-bond donors (Lipinski definition) is 1. The van der Waals surface area contributed by atoms with Crippen LogP contribution in [-0.4, -0.2) is 16.8 Å². The van der Waals surface area contributed by atoms with E-state index in [1.54, 1.807) is 4.13 Å². The maximum absolute atomic E-state index is 11.4. The Balaban J connectivity index is 3.03. The quantitative estimate of drug-likeness (QED) is 0.732. The van der Waals surface area contributed by atoms with Gasteiger partial charge in [-0.1, -0.05) is 0 Å². The maximum atomic E-state index is 11.4. The van der Waals surface area contributed by atoms with Gasteiger partial charge >= 0.3 is 0 Å². The van der Waals surface area contributed by atoms with Crippen LogP contribution in [0.4, 0.5) is 0 Å². The lowest BCUT2D eigenvalue weighted by molar-refractivity contribution is 0.586. The summed E-state index contributed by atoms with van der Waals surface area (Å²) in [6.07, 6.45) is 0. The topological polar surface area (TPSA) is 80.3 Å². The Bertz CT molecular complexity index is 561. The molecule has 0 saturated heterocycles. The molecule has 1 aromatic heterocycles. The molecular formula is C4HBr2NO4S3. The van der Waals surface area contributed by atoms with Crippen molar-refractivity contribution in [1.29, 1.82) is 0 Å². The van der Waals surface area contributed by atoms with E-state index < -0.39 is 20.0 Å². The van der Waals surface area contributed by atoms with Crippen molar-refractivity contribution in [3.8, 4) is 0 Å². The standard InChI is InChI=1S/C4HBr2NO4S3/c5-3-1-2(4(6)12-3)14(10,11)7-13(1,8)9/h7H. The lowest BCUT2D eigenvalue weighted by atomic mass is 10.7. The summed E-state index contributed by atoms with van der Waals surface area (Å²) < 4.78 is 47.6. The van der Waals surface area contributed by atoms with Crippen molar-refractivity contribution in [1.82, 2.24) is 4.13 Å². The second kappa shape index (κ2) is 3.01. The van der Waals surface area contributed by atoms with E-state index in [0.717, 1.165) is 11.3 Å². The Kier molecular flexibility index (Phi) is 2.37. The van der Waals surface area contributed by atoms with Gasteiger partial charge < -0.3 is 0 Å². The first-order valence-corrected chi connectivity index (χ1v) is 8.39. The molecule has 0 spiro atoms. The van der Waals surface area contributed by atoms with Crippen LogP contribution < -0.4 is 4.13 Å². The number of rotatable bonds is 0. The largest absolute Gasteiger partial charge is 0.257 e. The minimum absolute atomic E-state index is 0.214. The van der Waals surface area contributed by atoms with Crippen LogP contribution in [0.5, 0.6) is 0 Å². The van der Waals surface area contributed by atoms with Crippen LogP contribution in [0.2, 0.25) is 0 Å². The predicted molar refractivity (Wildman–Crippen MR) is 57.2 cm³/mol. The summed E-state index contributed by atoms with van der Waals surface area (Å²) in [7, 11) is -7.85. The molecule has 78 valence electrons. The number of fused-ring (bicyclic) bond motifs is 1. The van der Waals surface area contributed by atoms with Crippen LogP contribution in [0.15, 0.2) is 17.4 Å². The molecular weight excluding hydrogens is 382 g/mol. The molecule has 0 radical (unpaired) electrons. The highest BCUT2D eigenvalue weighted by atomic mass is 79.9. The second-order valence-electron chi connectivity index (χ2n) is 2.40. The molecule has 0 amide bonds. The highest BCUT2D eigenvalue weighted by Gasteiger charge is 2.43. The van der Waals surface area contributed by atoms with Crippen molar-refractivity contribution < 1.29 is 16.8 Å². The minimum atomic E-state index is -3.93. The van der Waals surface area contributed by atoms with E-state index in [-0.39, 0.29) is 17.4 Å². The number of thiophene rings is 1. The minimum Gasteiger partial charge on any atom is -0.206 e. The van der Waals surface area contributed by atoms with Gasteiger partial charge in [0.25, 0.3) is 20.0 Å². The van der Waals surface area contributed by atoms with Gasteiger partial charge in [0.1, 0.15) is 9.79 Å². The van der Waals surface area contributed by atoms with Crippen molar-refractivity contribution >= 4 is 63.2 Å². The third kappa shape index (κ3) is 1.39. The van der Waals surface area contributed by atoms with Gasteiger partial charge in [-0.15, -0.1) is 15.5 Å². The van der Waals surface area contributed by atoms with Crippen LogP contribution in [-0.2, 0) is 20.0 Å². The van der Waals surface area contributed by atoms with Gasteiger partial charge in [0.2, 0.25) is 0 Å². The van der Waals surface area contributed by atoms with Crippen LogP contribution in [0.3, 0.4) is 0 Å². The third-order valence-corrected chi connectivity index (χ3v) is 8.59. The number of sulfonamides is 2. The Morgan fingerprint density at radius 1 is 0.929 bits per heavy atom. The second-order valence-corrected chi connectivity index (χ2v) is 9.55. The molecule has 0 aromatic carbocycles. The molecule has 1 aromatic rings. The van der Waals surface area contributed by atoms with Gasteiger partial charge in [-0.2, -0.15) is 0 Å². The van der Waals surface area contributed by atoms with Crippen molar-refractivity contribution in [3.05, 3.63) is 7.57 Å². The smallest absolute Gasteiger partial charge is 0.206 e. The zero-order valence-corrected chi connectivity index (χ0v) is 11.7. The fourth-order valence-corrected chi connectivity index (χ4v) is 9.77. The van der Waals surface area contributed by atoms with E-state index >= 15 is 0 Å². The lowest BCUT2D eigenvalue weighted by Gasteiger charge is -1.92. The molecule has 1 aliphatic rings. The first-order chi connectivity index (χ1) is 6.26. The highest BCUT2D eigenvalue weighted by Crippen LogP contribution is 2.45. The monoisotopic (exact) mass is 381 g/mol. The van der Waals surface area contributed by atoms with Gasteiger partial charge in [-0.3, -0.25) is 0 Å². The van der Waals surface area contributed by atoms with E-state index in [1.165, 1.54) is 0 Å². The maximum Gasteiger partial charge on any atom is 0.257 e. The fraction of sp³-hybridized carbons (Fsp3) is 0. The Morgan fingerprint density at radius 3 is 1.64 bits per heavy atom. The molecule has 1 N–H and O–H groups in total. The summed E-state index contributed by atoms with van der Waals surface area (Å²) >= 11 is 7.01. The molecule has 1 aliphatic heterocycles. The molecule has 10 heteroatoms. The summed E-state index contributed by atoms with van der Waals surface area (Å²) in [4.78, 5) is -0.427. The normalized spacial score (nSPS) is 22.1. The van der Waals surface area contributed by atoms with E-state index in [4.69, 9.17) is 0 Å². The van der Waals surface area contributed by atoms with Gasteiger partial charge in [0.05, 0.1) is 7.57 Å². The summed E-state index contributed by atoms with van der Waals surface area (Å²) in [5.74, 6) is 0. The lowest BCUT2D eigenvalue weighted by Crippen LogP contribution is -2.22. The molecule has 2 rings (SSSR count). The van der Waals surface area contributed by atoms with E-state index in [1.807, 2.05) is 0 Å². The zero-order chi connectivity index (χ0) is 10.7. The summed E-state index contributed by atoms with van der Waals surface area (Å²) in [5, 5.41) is 0. The van der Waals surface area contributed by atoms with Crippen LogP contribution in [0, 0.1) is 0 Å². The van der Waals surface area contributed by atoms with Gasteiger partial charge in [-0.25, -0.2) is 16.8 Å². The summed E-state index contributed by atoms with van der Waals surface area (Å²) in [6, 6.07) is 0. The predicted octanol–water partition coefficient (Wildman–Crippen LogP) is 1.25. The van der Waals surface area contributed by atoms with Crippen LogP contribution in [0.1, 0.15) is 0 Å². The number of halogens is 2. The van der Waals surface area contributed by atoms with Gasteiger partial charge in [0, 0.05) is 0 Å². The van der Waals surface area contributed by atoms with Crippen molar-refractivity contribution in [2.75, 3.05) is 0 Å². The highest BCUT2D eigenvalue weighted by molar-refractivity contribution is 9.12. The van der Waals surface area contributed by atoms with Gasteiger partial charge in [-0.05, 0) is 31.9 Å². The molecule has 0 fully saturated rings. The van der Waals surface area contributed by atoms with Crippen molar-refractivity contribution in [2.24, 2.45) is 0 Å². The molecule has 0 atom stereocenters. The Labute approximate surface area is 101 Å². The first-order valence-electron chi connectivity index (χ1n) is 3.02. The molecule has 2 heterocycles. The molecule has 14 heavy (non-hydrogen) atoms. The van der Waals surface area contributed by atoms with E-state index in [0.29, 0.717) is 0 Å². The van der Waals surface area contributed by atoms with Crippen LogP contribution >= 0.6 is 43.2 Å². The third-order valence-electron chi connectivity index (χ3n) is 1.50. The van der Waals surface area contributed by atoms with E-state index in [2.05, 4.69) is 31.9 Å². The van der Waals surface area contributed by atoms with Crippen LogP contribution in [0.25, 0.3) is 0 Å². The number of hydrogen-bond acceptors (Lipinski definition) is 5. The SMILES string of the molecule is O=S1(=O)NS(=O)(=O)c2c(Br)sc(Br)c21. The summed E-state index contributed by atoms with van der Waals surface area (Å²) in [5.41, 5.74) is 0. The molecule has 5 nitrogen and oxygen atoms in total. The van der Waals surface area contributed by atoms with Gasteiger partial charge in [0.15, 0.2) is 0 Å². The average molecular weight is 383 g/mol. The van der Waals surface area contributed by atoms with Crippen molar-refractivity contribution in [3.63, 3.8) is 0 Å². The Morgan fingerprint density at radius 2 is 1.29 bits per heavy atom. The molecule has 0 bridgehead atoms.